The van der Waals surface area contributed by atoms with E-state index in [1.54, 1.807) is 36.4 Å². The van der Waals surface area contributed by atoms with Crippen LogP contribution < -0.4 is 5.32 Å². The zero-order valence-electron chi connectivity index (χ0n) is 19.1. The number of nitrogens with one attached hydrogen (secondary N) is 1. The van der Waals surface area contributed by atoms with Gasteiger partial charge in [-0.05, 0) is 54.1 Å². The Morgan fingerprint density at radius 3 is 2.44 bits per heavy atom. The summed E-state index contributed by atoms with van der Waals surface area (Å²) in [5.74, 6) is -0.703. The van der Waals surface area contributed by atoms with Crippen molar-refractivity contribution < 1.29 is 18.4 Å². The number of fused-ring (bicyclic) bond motifs is 1. The van der Waals surface area contributed by atoms with Gasteiger partial charge in [-0.25, -0.2) is 9.07 Å². The quantitative estimate of drug-likeness (QED) is 0.349. The van der Waals surface area contributed by atoms with Crippen molar-refractivity contribution in [2.75, 3.05) is 5.32 Å². The van der Waals surface area contributed by atoms with Gasteiger partial charge in [0.2, 0.25) is 5.91 Å². The van der Waals surface area contributed by atoms with Gasteiger partial charge in [0.25, 0.3) is 5.91 Å². The van der Waals surface area contributed by atoms with E-state index in [2.05, 4.69) is 15.6 Å². The molecule has 0 saturated carbocycles. The van der Waals surface area contributed by atoms with E-state index in [1.807, 2.05) is 30.3 Å². The monoisotopic (exact) mass is 483 g/mol. The summed E-state index contributed by atoms with van der Waals surface area (Å²) in [6, 6.07) is 24.2. The molecule has 5 rings (SSSR count). The average Bonchev–Trinajstić information content (AvgIpc) is 3.56. The molecule has 0 saturated heterocycles. The van der Waals surface area contributed by atoms with Gasteiger partial charge in [-0.15, -0.1) is 5.10 Å². The number of carbonyl (C=O) groups excluding carboxylic acids is 2. The van der Waals surface area contributed by atoms with Crippen molar-refractivity contribution in [1.29, 1.82) is 0 Å². The topological polar surface area (TPSA) is 93.3 Å². The molecular formula is C27H22FN5O3. The number of aromatic nitrogens is 3. The van der Waals surface area contributed by atoms with Gasteiger partial charge >= 0.3 is 0 Å². The second-order valence-corrected chi connectivity index (χ2v) is 8.15. The summed E-state index contributed by atoms with van der Waals surface area (Å²) in [6.07, 6.45) is 1.51. The number of nitrogens with zero attached hydrogens (tertiary/aromatic N) is 4. The Bertz CT molecular complexity index is 1470. The van der Waals surface area contributed by atoms with Crippen LogP contribution in [0.4, 0.5) is 10.1 Å². The van der Waals surface area contributed by atoms with Gasteiger partial charge in [-0.1, -0.05) is 47.7 Å². The van der Waals surface area contributed by atoms with E-state index in [0.29, 0.717) is 28.0 Å². The summed E-state index contributed by atoms with van der Waals surface area (Å²) in [7, 11) is 0. The lowest BCUT2D eigenvalue weighted by atomic mass is 10.0. The Kier molecular flexibility index (Phi) is 6.53. The summed E-state index contributed by atoms with van der Waals surface area (Å²) in [5.41, 5.74) is 2.39. The molecule has 2 aromatic heterocycles. The maximum absolute atomic E-state index is 13.8. The van der Waals surface area contributed by atoms with Crippen LogP contribution in [-0.4, -0.2) is 31.7 Å². The van der Waals surface area contributed by atoms with Crippen molar-refractivity contribution in [3.8, 4) is 0 Å². The van der Waals surface area contributed by atoms with E-state index in [9.17, 15) is 14.0 Å². The van der Waals surface area contributed by atoms with Crippen molar-refractivity contribution in [1.82, 2.24) is 19.9 Å². The Morgan fingerprint density at radius 2 is 1.69 bits per heavy atom. The molecule has 2 amide bonds. The summed E-state index contributed by atoms with van der Waals surface area (Å²) >= 11 is 0. The molecule has 0 spiro atoms. The normalized spacial score (nSPS) is 11.8. The molecule has 0 radical (unpaired) electrons. The molecule has 0 bridgehead atoms. The Balaban J connectivity index is 1.51. The maximum Gasteiger partial charge on any atom is 0.251 e. The average molecular weight is 484 g/mol. The number of hydrogen-bond donors (Lipinski definition) is 1. The van der Waals surface area contributed by atoms with Crippen LogP contribution >= 0.6 is 0 Å². The fraction of sp³-hybridized carbons (Fsp3) is 0.111. The van der Waals surface area contributed by atoms with Crippen LogP contribution in [0, 0.1) is 5.82 Å². The van der Waals surface area contributed by atoms with E-state index in [0.717, 1.165) is 0 Å². The fourth-order valence-corrected chi connectivity index (χ4v) is 4.00. The minimum absolute atomic E-state index is 0.0505. The Labute approximate surface area is 205 Å². The van der Waals surface area contributed by atoms with Crippen molar-refractivity contribution in [2.24, 2.45) is 0 Å². The van der Waals surface area contributed by atoms with E-state index in [4.69, 9.17) is 4.42 Å². The summed E-state index contributed by atoms with van der Waals surface area (Å²) in [6.45, 7) is -0.0801. The van der Waals surface area contributed by atoms with Crippen LogP contribution in [0.3, 0.4) is 0 Å². The Morgan fingerprint density at radius 1 is 0.944 bits per heavy atom. The van der Waals surface area contributed by atoms with Gasteiger partial charge in [0.1, 0.15) is 29.7 Å². The van der Waals surface area contributed by atoms with E-state index >= 15 is 0 Å². The zero-order chi connectivity index (χ0) is 24.9. The van der Waals surface area contributed by atoms with Crippen LogP contribution in [0.5, 0.6) is 0 Å². The van der Waals surface area contributed by atoms with Crippen LogP contribution in [-0.2, 0) is 22.7 Å². The van der Waals surface area contributed by atoms with E-state index in [-0.39, 0.29) is 19.0 Å². The lowest BCUT2D eigenvalue weighted by Crippen LogP contribution is -2.42. The third kappa shape index (κ3) is 5.00. The second kappa shape index (κ2) is 10.2. The highest BCUT2D eigenvalue weighted by Gasteiger charge is 2.32. The molecular weight excluding hydrogens is 461 g/mol. The molecule has 0 aliphatic rings. The molecule has 1 N–H and O–H groups in total. The van der Waals surface area contributed by atoms with Gasteiger partial charge < -0.3 is 14.6 Å². The largest absolute Gasteiger partial charge is 0.467 e. The van der Waals surface area contributed by atoms with Gasteiger partial charge in [0.15, 0.2) is 0 Å². The number of para-hydroxylation sites is 1. The van der Waals surface area contributed by atoms with Gasteiger partial charge in [0.05, 0.1) is 18.3 Å². The smallest absolute Gasteiger partial charge is 0.251 e. The van der Waals surface area contributed by atoms with Crippen LogP contribution in [0.2, 0.25) is 0 Å². The van der Waals surface area contributed by atoms with Crippen LogP contribution in [0.15, 0.2) is 102 Å². The number of amides is 2. The SMILES string of the molecule is O=C(Nc1ccc(F)cc1)C(c1ccccc1)N(Cc1ccco1)C(=O)Cn1nnc2ccccc21. The number of benzene rings is 3. The van der Waals surface area contributed by atoms with Gasteiger partial charge in [-0.2, -0.15) is 0 Å². The number of anilines is 1. The number of carbonyl (C=O) groups is 2. The van der Waals surface area contributed by atoms with Crippen molar-refractivity contribution in [3.63, 3.8) is 0 Å². The first-order chi connectivity index (χ1) is 17.6. The van der Waals surface area contributed by atoms with Crippen LogP contribution in [0.25, 0.3) is 11.0 Å². The molecule has 36 heavy (non-hydrogen) atoms. The minimum Gasteiger partial charge on any atom is -0.467 e. The highest BCUT2D eigenvalue weighted by atomic mass is 19.1. The highest BCUT2D eigenvalue weighted by Crippen LogP contribution is 2.26. The molecule has 2 heterocycles. The predicted molar refractivity (Wildman–Crippen MR) is 131 cm³/mol. The standard InChI is InChI=1S/C27H22FN5O3/c28-20-12-14-21(15-13-20)29-27(35)26(19-7-2-1-3-8-19)32(17-22-9-6-16-36-22)25(34)18-33-24-11-5-4-10-23(24)30-31-33/h1-16,26H,17-18H2,(H,29,35). The zero-order valence-corrected chi connectivity index (χ0v) is 19.1. The third-order valence-electron chi connectivity index (χ3n) is 5.72. The van der Waals surface area contributed by atoms with Gasteiger partial charge in [0, 0.05) is 5.69 Å². The molecule has 9 heteroatoms. The van der Waals surface area contributed by atoms with Crippen molar-refractivity contribution in [3.05, 3.63) is 114 Å². The molecule has 180 valence electrons. The minimum atomic E-state index is -0.997. The van der Waals surface area contributed by atoms with Crippen LogP contribution in [0.1, 0.15) is 17.4 Å². The first-order valence-corrected chi connectivity index (χ1v) is 11.3. The lowest BCUT2D eigenvalue weighted by Gasteiger charge is -2.31. The number of hydrogen-bond acceptors (Lipinski definition) is 5. The number of rotatable bonds is 8. The van der Waals surface area contributed by atoms with Crippen molar-refractivity contribution in [2.45, 2.75) is 19.1 Å². The molecule has 1 atom stereocenters. The molecule has 3 aromatic carbocycles. The number of furan rings is 1. The van der Waals surface area contributed by atoms with Gasteiger partial charge in [-0.3, -0.25) is 9.59 Å². The molecule has 0 aliphatic carbocycles. The molecule has 8 nitrogen and oxygen atoms in total. The summed E-state index contributed by atoms with van der Waals surface area (Å²) in [5, 5.41) is 11.1. The summed E-state index contributed by atoms with van der Waals surface area (Å²) in [4.78, 5) is 28.8. The van der Waals surface area contributed by atoms with Crippen molar-refractivity contribution >= 4 is 28.5 Å². The fourth-order valence-electron chi connectivity index (χ4n) is 4.00. The highest BCUT2D eigenvalue weighted by molar-refractivity contribution is 5.98. The first kappa shape index (κ1) is 23.0. The lowest BCUT2D eigenvalue weighted by molar-refractivity contribution is -0.140. The molecule has 0 aliphatic heterocycles. The first-order valence-electron chi connectivity index (χ1n) is 11.3. The predicted octanol–water partition coefficient (Wildman–Crippen LogP) is 4.57. The third-order valence-corrected chi connectivity index (χ3v) is 5.72. The Hall–Kier alpha value is -4.79. The number of halogens is 1. The maximum atomic E-state index is 13.8. The molecule has 1 unspecified atom stereocenters. The summed E-state index contributed by atoms with van der Waals surface area (Å²) < 4.78 is 20.4. The van der Waals surface area contributed by atoms with E-state index < -0.39 is 17.8 Å². The molecule has 0 fully saturated rings. The van der Waals surface area contributed by atoms with E-state index in [1.165, 1.54) is 40.1 Å². The second-order valence-electron chi connectivity index (χ2n) is 8.15. The molecule has 5 aromatic rings.